The summed E-state index contributed by atoms with van der Waals surface area (Å²) >= 11 is 1.44. The van der Waals surface area contributed by atoms with Crippen molar-refractivity contribution >= 4 is 45.4 Å². The van der Waals surface area contributed by atoms with E-state index in [0.29, 0.717) is 4.91 Å². The minimum Gasteiger partial charge on any atom is -0.496 e. The summed E-state index contributed by atoms with van der Waals surface area (Å²) in [5.74, 6) is 0.830. The molecule has 0 radical (unpaired) electrons. The van der Waals surface area contributed by atoms with Gasteiger partial charge < -0.3 is 4.74 Å². The number of methoxy groups -OCH3 is 1. The Morgan fingerprint density at radius 2 is 1.77 bits per heavy atom. The number of ether oxygens (including phenoxy) is 1. The number of aliphatic imine (C=N–C) groups is 1. The minimum absolute atomic E-state index is 0.00473. The Kier molecular flexibility index (Phi) is 6.14. The standard InChI is InChI=1S/C26H26N2O2S/c1-5-18(3)28-25(29)24(31-26(28)27-20-13-10-17(2)11-14-20)16-19-12-15-23(30-4)22-9-7-6-8-21(19)22/h6-16,18H,5H2,1-4H3/b24-16+,27-26?/t18-/m1/s1. The lowest BCUT2D eigenvalue weighted by atomic mass is 10.0. The predicted molar refractivity (Wildman–Crippen MR) is 131 cm³/mol. The Hall–Kier alpha value is -3.05. The number of carbonyl (C=O) groups excluding carboxylic acids is 1. The predicted octanol–water partition coefficient (Wildman–Crippen LogP) is 6.56. The third kappa shape index (κ3) is 4.23. The van der Waals surface area contributed by atoms with Crippen LogP contribution in [-0.4, -0.2) is 29.1 Å². The van der Waals surface area contributed by atoms with Gasteiger partial charge in [0.25, 0.3) is 5.91 Å². The third-order valence-corrected chi connectivity index (χ3v) is 6.53. The average molecular weight is 431 g/mol. The lowest BCUT2D eigenvalue weighted by Crippen LogP contribution is -2.36. The quantitative estimate of drug-likeness (QED) is 0.431. The maximum atomic E-state index is 13.4. The Labute approximate surface area is 187 Å². The van der Waals surface area contributed by atoms with Crippen molar-refractivity contribution in [2.45, 2.75) is 33.2 Å². The van der Waals surface area contributed by atoms with Gasteiger partial charge in [0, 0.05) is 11.4 Å². The van der Waals surface area contributed by atoms with E-state index in [1.807, 2.05) is 65.6 Å². The summed E-state index contributed by atoms with van der Waals surface area (Å²) in [5.41, 5.74) is 3.03. The normalized spacial score (nSPS) is 17.7. The van der Waals surface area contributed by atoms with Crippen molar-refractivity contribution < 1.29 is 9.53 Å². The number of rotatable bonds is 5. The van der Waals surface area contributed by atoms with Crippen molar-refractivity contribution in [2.75, 3.05) is 7.11 Å². The van der Waals surface area contributed by atoms with Crippen LogP contribution in [0.15, 0.2) is 70.6 Å². The minimum atomic E-state index is 0.00473. The van der Waals surface area contributed by atoms with Gasteiger partial charge in [-0.2, -0.15) is 0 Å². The Bertz CT molecular complexity index is 1180. The van der Waals surface area contributed by atoms with E-state index in [2.05, 4.69) is 26.8 Å². The molecule has 0 unspecified atom stereocenters. The summed E-state index contributed by atoms with van der Waals surface area (Å²) < 4.78 is 5.51. The third-order valence-electron chi connectivity index (χ3n) is 5.55. The van der Waals surface area contributed by atoms with E-state index >= 15 is 0 Å². The van der Waals surface area contributed by atoms with Gasteiger partial charge in [0.1, 0.15) is 5.75 Å². The fourth-order valence-electron chi connectivity index (χ4n) is 3.61. The Balaban J connectivity index is 1.77. The second-order valence-electron chi connectivity index (χ2n) is 7.68. The number of amidine groups is 1. The maximum absolute atomic E-state index is 13.4. The number of hydrogen-bond donors (Lipinski definition) is 0. The van der Waals surface area contributed by atoms with Crippen LogP contribution in [-0.2, 0) is 4.79 Å². The molecule has 0 saturated carbocycles. The molecule has 5 heteroatoms. The van der Waals surface area contributed by atoms with E-state index in [-0.39, 0.29) is 11.9 Å². The molecule has 4 nitrogen and oxygen atoms in total. The molecule has 4 rings (SSSR count). The van der Waals surface area contributed by atoms with E-state index in [1.54, 1.807) is 7.11 Å². The zero-order valence-electron chi connectivity index (χ0n) is 18.3. The van der Waals surface area contributed by atoms with Crippen molar-refractivity contribution in [3.63, 3.8) is 0 Å². The number of nitrogens with zero attached hydrogens (tertiary/aromatic N) is 2. The van der Waals surface area contributed by atoms with Crippen LogP contribution < -0.4 is 4.74 Å². The van der Waals surface area contributed by atoms with Crippen molar-refractivity contribution in [2.24, 2.45) is 4.99 Å². The molecular formula is C26H26N2O2S. The number of fused-ring (bicyclic) bond motifs is 1. The fraction of sp³-hybridized carbons (Fsp3) is 0.231. The summed E-state index contributed by atoms with van der Waals surface area (Å²) in [6.07, 6.45) is 2.83. The molecule has 1 atom stereocenters. The van der Waals surface area contributed by atoms with Crippen LogP contribution in [0.4, 0.5) is 5.69 Å². The van der Waals surface area contributed by atoms with Crippen molar-refractivity contribution in [3.8, 4) is 5.75 Å². The van der Waals surface area contributed by atoms with E-state index in [4.69, 9.17) is 9.73 Å². The summed E-state index contributed by atoms with van der Waals surface area (Å²) in [6.45, 7) is 6.20. The average Bonchev–Trinajstić information content (AvgIpc) is 3.09. The van der Waals surface area contributed by atoms with Crippen LogP contribution in [0.5, 0.6) is 5.75 Å². The van der Waals surface area contributed by atoms with Gasteiger partial charge in [-0.1, -0.05) is 55.0 Å². The number of hydrogen-bond acceptors (Lipinski definition) is 4. The van der Waals surface area contributed by atoms with Gasteiger partial charge in [-0.3, -0.25) is 9.69 Å². The Morgan fingerprint density at radius 3 is 2.45 bits per heavy atom. The van der Waals surface area contributed by atoms with Gasteiger partial charge >= 0.3 is 0 Å². The SMILES string of the molecule is CC[C@@H](C)N1C(=O)/C(=C\c2ccc(OC)c3ccccc23)SC1=Nc1ccc(C)cc1. The van der Waals surface area contributed by atoms with Crippen LogP contribution in [0.1, 0.15) is 31.4 Å². The Morgan fingerprint density at radius 1 is 1.06 bits per heavy atom. The van der Waals surface area contributed by atoms with Gasteiger partial charge in [0.15, 0.2) is 5.17 Å². The molecule has 0 spiro atoms. The zero-order chi connectivity index (χ0) is 22.0. The van der Waals surface area contributed by atoms with Gasteiger partial charge in [-0.05, 0) is 67.3 Å². The largest absolute Gasteiger partial charge is 0.496 e. The first-order valence-electron chi connectivity index (χ1n) is 10.5. The van der Waals surface area contributed by atoms with Crippen molar-refractivity contribution in [1.82, 2.24) is 4.90 Å². The molecule has 3 aromatic rings. The first kappa shape index (κ1) is 21.2. The first-order valence-corrected chi connectivity index (χ1v) is 11.3. The molecule has 1 fully saturated rings. The van der Waals surface area contributed by atoms with Crippen LogP contribution >= 0.6 is 11.8 Å². The summed E-state index contributed by atoms with van der Waals surface area (Å²) in [4.78, 5) is 20.7. The highest BCUT2D eigenvalue weighted by molar-refractivity contribution is 8.18. The molecule has 158 valence electrons. The molecule has 3 aromatic carbocycles. The molecule has 1 heterocycles. The molecule has 0 aromatic heterocycles. The van der Waals surface area contributed by atoms with E-state index in [9.17, 15) is 4.79 Å². The second kappa shape index (κ2) is 8.98. The van der Waals surface area contributed by atoms with Gasteiger partial charge in [-0.15, -0.1) is 0 Å². The highest BCUT2D eigenvalue weighted by Gasteiger charge is 2.36. The smallest absolute Gasteiger partial charge is 0.267 e. The molecular weight excluding hydrogens is 404 g/mol. The molecule has 1 amide bonds. The van der Waals surface area contributed by atoms with Crippen LogP contribution in [0.2, 0.25) is 0 Å². The molecule has 0 bridgehead atoms. The number of benzene rings is 3. The number of thioether (sulfide) groups is 1. The number of carbonyl (C=O) groups is 1. The number of aryl methyl sites for hydroxylation is 1. The van der Waals surface area contributed by atoms with Crippen LogP contribution in [0.3, 0.4) is 0 Å². The highest BCUT2D eigenvalue weighted by atomic mass is 32.2. The zero-order valence-corrected chi connectivity index (χ0v) is 19.1. The van der Waals surface area contributed by atoms with Crippen molar-refractivity contribution in [3.05, 3.63) is 76.7 Å². The molecule has 0 aliphatic carbocycles. The van der Waals surface area contributed by atoms with E-state index in [1.165, 1.54) is 17.3 Å². The molecule has 31 heavy (non-hydrogen) atoms. The van der Waals surface area contributed by atoms with Crippen LogP contribution in [0, 0.1) is 6.92 Å². The number of amides is 1. The van der Waals surface area contributed by atoms with Gasteiger partial charge in [-0.25, -0.2) is 4.99 Å². The second-order valence-corrected chi connectivity index (χ2v) is 8.68. The molecule has 1 aliphatic heterocycles. The van der Waals surface area contributed by atoms with Crippen LogP contribution in [0.25, 0.3) is 16.8 Å². The summed E-state index contributed by atoms with van der Waals surface area (Å²) in [5, 5.41) is 2.82. The first-order chi connectivity index (χ1) is 15.0. The van der Waals surface area contributed by atoms with E-state index in [0.717, 1.165) is 39.4 Å². The lowest BCUT2D eigenvalue weighted by molar-refractivity contribution is -0.123. The summed E-state index contributed by atoms with van der Waals surface area (Å²) in [6, 6.07) is 20.2. The monoisotopic (exact) mass is 430 g/mol. The highest BCUT2D eigenvalue weighted by Crippen LogP contribution is 2.38. The lowest BCUT2D eigenvalue weighted by Gasteiger charge is -2.22. The topological polar surface area (TPSA) is 41.9 Å². The van der Waals surface area contributed by atoms with Crippen molar-refractivity contribution in [1.29, 1.82) is 0 Å². The molecule has 1 saturated heterocycles. The van der Waals surface area contributed by atoms with E-state index < -0.39 is 0 Å². The summed E-state index contributed by atoms with van der Waals surface area (Å²) in [7, 11) is 1.67. The molecule has 1 aliphatic rings. The molecule has 0 N–H and O–H groups in total. The maximum Gasteiger partial charge on any atom is 0.267 e. The van der Waals surface area contributed by atoms with Gasteiger partial charge in [0.2, 0.25) is 0 Å². The fourth-order valence-corrected chi connectivity index (χ4v) is 4.69. The van der Waals surface area contributed by atoms with Gasteiger partial charge in [0.05, 0.1) is 17.7 Å².